The third kappa shape index (κ3) is 4.27. The number of benzene rings is 1. The van der Waals surface area contributed by atoms with Crippen LogP contribution in [0.2, 0.25) is 0 Å². The molecule has 1 aromatic carbocycles. The summed E-state index contributed by atoms with van der Waals surface area (Å²) in [6.45, 7) is 1.82. The van der Waals surface area contributed by atoms with E-state index in [0.717, 1.165) is 25.2 Å². The maximum absolute atomic E-state index is 10.5. The zero-order chi connectivity index (χ0) is 12.0. The Hall–Kier alpha value is -1.62. The first-order valence-corrected chi connectivity index (χ1v) is 5.22. The molecule has 0 fully saturated rings. The average Bonchev–Trinajstić information content (AvgIpc) is 2.24. The molecule has 0 bridgehead atoms. The number of rotatable bonds is 6. The second-order valence-electron chi connectivity index (χ2n) is 3.89. The fourth-order valence-electron chi connectivity index (χ4n) is 1.36. The number of non-ortho nitro benzene ring substituents is 1. The summed E-state index contributed by atoms with van der Waals surface area (Å²) < 4.78 is 0. The van der Waals surface area contributed by atoms with Gasteiger partial charge in [0.25, 0.3) is 5.69 Å². The van der Waals surface area contributed by atoms with E-state index in [4.69, 9.17) is 0 Å². The molecule has 0 spiro atoms. The van der Waals surface area contributed by atoms with Gasteiger partial charge in [0, 0.05) is 24.4 Å². The summed E-state index contributed by atoms with van der Waals surface area (Å²) in [5.74, 6) is 0. The van der Waals surface area contributed by atoms with Crippen molar-refractivity contribution in [1.29, 1.82) is 0 Å². The van der Waals surface area contributed by atoms with Gasteiger partial charge < -0.3 is 10.2 Å². The van der Waals surface area contributed by atoms with Crippen molar-refractivity contribution in [2.75, 3.05) is 32.5 Å². The zero-order valence-electron chi connectivity index (χ0n) is 9.64. The molecule has 1 rings (SSSR count). The molecular weight excluding hydrogens is 206 g/mol. The molecule has 0 unspecified atom stereocenters. The molecule has 0 aliphatic heterocycles. The van der Waals surface area contributed by atoms with Crippen LogP contribution in [0.4, 0.5) is 11.4 Å². The van der Waals surface area contributed by atoms with E-state index in [1.807, 2.05) is 20.2 Å². The van der Waals surface area contributed by atoms with Gasteiger partial charge in [-0.05, 0) is 33.1 Å². The Morgan fingerprint density at radius 1 is 1.44 bits per heavy atom. The molecule has 5 nitrogen and oxygen atoms in total. The van der Waals surface area contributed by atoms with E-state index in [0.29, 0.717) is 0 Å². The molecule has 16 heavy (non-hydrogen) atoms. The number of anilines is 1. The van der Waals surface area contributed by atoms with Crippen molar-refractivity contribution in [1.82, 2.24) is 4.90 Å². The van der Waals surface area contributed by atoms with Gasteiger partial charge in [0.1, 0.15) is 0 Å². The first-order valence-electron chi connectivity index (χ1n) is 5.22. The molecular formula is C11H17N3O2. The lowest BCUT2D eigenvalue weighted by atomic mass is 10.2. The van der Waals surface area contributed by atoms with Crippen molar-refractivity contribution in [3.05, 3.63) is 34.4 Å². The molecule has 1 N–H and O–H groups in total. The molecule has 5 heteroatoms. The van der Waals surface area contributed by atoms with Crippen LogP contribution < -0.4 is 5.32 Å². The summed E-state index contributed by atoms with van der Waals surface area (Å²) in [7, 11) is 4.04. The van der Waals surface area contributed by atoms with Crippen LogP contribution in [0.3, 0.4) is 0 Å². The second kappa shape index (κ2) is 6.07. The minimum Gasteiger partial charge on any atom is -0.385 e. The summed E-state index contributed by atoms with van der Waals surface area (Å²) in [6.07, 6.45) is 1.01. The molecule has 0 aliphatic carbocycles. The van der Waals surface area contributed by atoms with Gasteiger partial charge in [-0.2, -0.15) is 0 Å². The largest absolute Gasteiger partial charge is 0.385 e. The fourth-order valence-corrected chi connectivity index (χ4v) is 1.36. The fraction of sp³-hybridized carbons (Fsp3) is 0.455. The maximum Gasteiger partial charge on any atom is 0.271 e. The van der Waals surface area contributed by atoms with Crippen LogP contribution in [-0.2, 0) is 0 Å². The summed E-state index contributed by atoms with van der Waals surface area (Å²) in [5.41, 5.74) is 0.922. The third-order valence-electron chi connectivity index (χ3n) is 2.17. The Morgan fingerprint density at radius 2 is 2.19 bits per heavy atom. The SMILES string of the molecule is CN(C)CCCNc1cccc([N+](=O)[O-])c1. The summed E-state index contributed by atoms with van der Waals surface area (Å²) >= 11 is 0. The zero-order valence-corrected chi connectivity index (χ0v) is 9.64. The quantitative estimate of drug-likeness (QED) is 0.455. The molecule has 0 saturated heterocycles. The maximum atomic E-state index is 10.5. The third-order valence-corrected chi connectivity index (χ3v) is 2.17. The van der Waals surface area contributed by atoms with Crippen molar-refractivity contribution >= 4 is 11.4 Å². The molecule has 1 aromatic rings. The van der Waals surface area contributed by atoms with Crippen LogP contribution in [0.25, 0.3) is 0 Å². The van der Waals surface area contributed by atoms with Crippen molar-refractivity contribution in [3.63, 3.8) is 0 Å². The van der Waals surface area contributed by atoms with Crippen LogP contribution in [0.1, 0.15) is 6.42 Å². The lowest BCUT2D eigenvalue weighted by Gasteiger charge is -2.10. The van der Waals surface area contributed by atoms with Gasteiger partial charge in [-0.3, -0.25) is 10.1 Å². The first-order chi connectivity index (χ1) is 7.59. The second-order valence-corrected chi connectivity index (χ2v) is 3.89. The van der Waals surface area contributed by atoms with Crippen LogP contribution in [-0.4, -0.2) is 37.0 Å². The predicted molar refractivity (Wildman–Crippen MR) is 64.8 cm³/mol. The highest BCUT2D eigenvalue weighted by Crippen LogP contribution is 2.16. The highest BCUT2D eigenvalue weighted by molar-refractivity contribution is 5.50. The molecule has 0 atom stereocenters. The molecule has 88 valence electrons. The van der Waals surface area contributed by atoms with Gasteiger partial charge in [-0.1, -0.05) is 6.07 Å². The lowest BCUT2D eigenvalue weighted by Crippen LogP contribution is -2.16. The molecule has 0 amide bonds. The van der Waals surface area contributed by atoms with Crippen molar-refractivity contribution in [3.8, 4) is 0 Å². The van der Waals surface area contributed by atoms with E-state index in [1.165, 1.54) is 6.07 Å². The van der Waals surface area contributed by atoms with Gasteiger partial charge in [0.05, 0.1) is 4.92 Å². The van der Waals surface area contributed by atoms with Gasteiger partial charge in [0.15, 0.2) is 0 Å². The monoisotopic (exact) mass is 223 g/mol. The van der Waals surface area contributed by atoms with Gasteiger partial charge >= 0.3 is 0 Å². The summed E-state index contributed by atoms with van der Waals surface area (Å²) in [4.78, 5) is 12.3. The number of nitrogens with one attached hydrogen (secondary N) is 1. The topological polar surface area (TPSA) is 58.4 Å². The van der Waals surface area contributed by atoms with E-state index < -0.39 is 0 Å². The molecule has 0 heterocycles. The smallest absolute Gasteiger partial charge is 0.271 e. The van der Waals surface area contributed by atoms with Crippen LogP contribution in [0.5, 0.6) is 0 Å². The minimum absolute atomic E-state index is 0.123. The van der Waals surface area contributed by atoms with Gasteiger partial charge in [-0.25, -0.2) is 0 Å². The van der Waals surface area contributed by atoms with Crippen molar-refractivity contribution in [2.24, 2.45) is 0 Å². The highest BCUT2D eigenvalue weighted by atomic mass is 16.6. The summed E-state index contributed by atoms with van der Waals surface area (Å²) in [6, 6.07) is 6.57. The predicted octanol–water partition coefficient (Wildman–Crippen LogP) is 1.96. The number of nitro benzene ring substituents is 1. The molecule has 0 aliphatic rings. The van der Waals surface area contributed by atoms with E-state index >= 15 is 0 Å². The average molecular weight is 223 g/mol. The normalized spacial score (nSPS) is 10.4. The Morgan fingerprint density at radius 3 is 2.81 bits per heavy atom. The first kappa shape index (κ1) is 12.4. The number of nitrogens with zero attached hydrogens (tertiary/aromatic N) is 2. The van der Waals surface area contributed by atoms with Gasteiger partial charge in [-0.15, -0.1) is 0 Å². The van der Waals surface area contributed by atoms with Crippen LogP contribution >= 0.6 is 0 Å². The summed E-state index contributed by atoms with van der Waals surface area (Å²) in [5, 5.41) is 13.7. The standard InChI is InChI=1S/C11H17N3O2/c1-13(2)8-4-7-12-10-5-3-6-11(9-10)14(15)16/h3,5-6,9,12H,4,7-8H2,1-2H3. The number of hydrogen-bond acceptors (Lipinski definition) is 4. The Kier molecular flexibility index (Phi) is 4.72. The van der Waals surface area contributed by atoms with Crippen LogP contribution in [0, 0.1) is 10.1 Å². The number of nitro groups is 1. The van der Waals surface area contributed by atoms with E-state index in [9.17, 15) is 10.1 Å². The van der Waals surface area contributed by atoms with Gasteiger partial charge in [0.2, 0.25) is 0 Å². The molecule has 0 radical (unpaired) electrons. The van der Waals surface area contributed by atoms with Crippen molar-refractivity contribution < 1.29 is 4.92 Å². The van der Waals surface area contributed by atoms with Crippen molar-refractivity contribution in [2.45, 2.75) is 6.42 Å². The Bertz CT molecular complexity index is 353. The van der Waals surface area contributed by atoms with E-state index in [1.54, 1.807) is 12.1 Å². The number of hydrogen-bond donors (Lipinski definition) is 1. The molecule has 0 aromatic heterocycles. The highest BCUT2D eigenvalue weighted by Gasteiger charge is 2.04. The van der Waals surface area contributed by atoms with E-state index in [2.05, 4.69) is 10.2 Å². The van der Waals surface area contributed by atoms with E-state index in [-0.39, 0.29) is 10.6 Å². The van der Waals surface area contributed by atoms with Crippen LogP contribution in [0.15, 0.2) is 24.3 Å². The Balaban J connectivity index is 2.42. The lowest BCUT2D eigenvalue weighted by molar-refractivity contribution is -0.384. The molecule has 0 saturated carbocycles. The Labute approximate surface area is 95.2 Å². The minimum atomic E-state index is -0.384.